The Bertz CT molecular complexity index is 402. The quantitative estimate of drug-likeness (QED) is 0.651. The van der Waals surface area contributed by atoms with Crippen LogP contribution in [0.3, 0.4) is 0 Å². The molecule has 0 aliphatic carbocycles. The molecule has 1 heterocycles. The number of carboxylic acid groups (broad SMARTS) is 1. The number of hydrogen-bond acceptors (Lipinski definition) is 4. The second-order valence-electron chi connectivity index (χ2n) is 6.01. The highest BCUT2D eigenvalue weighted by atomic mass is 16.4. The zero-order valence-corrected chi connectivity index (χ0v) is 12.0. The van der Waals surface area contributed by atoms with Crippen molar-refractivity contribution in [2.24, 2.45) is 5.41 Å². The van der Waals surface area contributed by atoms with Crippen LogP contribution in [-0.2, 0) is 14.4 Å². The number of likely N-dealkylation sites (tertiary alicyclic amines) is 1. The fourth-order valence-electron chi connectivity index (χ4n) is 2.12. The third-order valence-electron chi connectivity index (χ3n) is 3.21. The molecule has 2 amide bonds. The number of aliphatic carboxylic acids is 1. The Balaban J connectivity index is 2.63. The summed E-state index contributed by atoms with van der Waals surface area (Å²) in [5.74, 6) is -1.91. The minimum atomic E-state index is -1.63. The molecule has 0 saturated carbocycles. The molecule has 1 saturated heterocycles. The van der Waals surface area contributed by atoms with Gasteiger partial charge in [-0.15, -0.1) is 0 Å². The van der Waals surface area contributed by atoms with E-state index in [4.69, 9.17) is 10.2 Å². The van der Waals surface area contributed by atoms with Crippen molar-refractivity contribution in [2.75, 3.05) is 13.1 Å². The molecule has 2 atom stereocenters. The first-order chi connectivity index (χ1) is 9.14. The van der Waals surface area contributed by atoms with Crippen LogP contribution in [-0.4, -0.2) is 58.1 Å². The van der Waals surface area contributed by atoms with Crippen LogP contribution in [0.25, 0.3) is 0 Å². The molecule has 0 aromatic carbocycles. The SMILES string of the molecule is CC(C)(C)C(=O)N1CCCC1C(=O)NCC(O)C(=O)O. The minimum Gasteiger partial charge on any atom is -0.479 e. The monoisotopic (exact) mass is 286 g/mol. The number of aliphatic hydroxyl groups excluding tert-OH is 1. The number of amides is 2. The predicted octanol–water partition coefficient (Wildman–Crippen LogP) is -0.415. The van der Waals surface area contributed by atoms with E-state index < -0.39 is 29.4 Å². The molecule has 3 N–H and O–H groups in total. The van der Waals surface area contributed by atoms with Gasteiger partial charge in [0.2, 0.25) is 11.8 Å². The van der Waals surface area contributed by atoms with Gasteiger partial charge in [-0.2, -0.15) is 0 Å². The number of carboxylic acids is 1. The highest BCUT2D eigenvalue weighted by Crippen LogP contribution is 2.25. The summed E-state index contributed by atoms with van der Waals surface area (Å²) < 4.78 is 0. The Morgan fingerprint density at radius 2 is 1.95 bits per heavy atom. The lowest BCUT2D eigenvalue weighted by molar-refractivity contribution is -0.148. The van der Waals surface area contributed by atoms with E-state index in [1.54, 1.807) is 20.8 Å². The Hall–Kier alpha value is -1.63. The van der Waals surface area contributed by atoms with E-state index in [0.717, 1.165) is 6.42 Å². The third-order valence-corrected chi connectivity index (χ3v) is 3.21. The fourth-order valence-corrected chi connectivity index (χ4v) is 2.12. The van der Waals surface area contributed by atoms with Gasteiger partial charge >= 0.3 is 5.97 Å². The van der Waals surface area contributed by atoms with Crippen molar-refractivity contribution >= 4 is 17.8 Å². The zero-order valence-electron chi connectivity index (χ0n) is 12.0. The van der Waals surface area contributed by atoms with Gasteiger partial charge in [0, 0.05) is 12.0 Å². The second kappa shape index (κ2) is 6.21. The van der Waals surface area contributed by atoms with Crippen LogP contribution in [0.1, 0.15) is 33.6 Å². The van der Waals surface area contributed by atoms with E-state index in [1.807, 2.05) is 0 Å². The highest BCUT2D eigenvalue weighted by Gasteiger charge is 2.38. The van der Waals surface area contributed by atoms with Gasteiger partial charge in [0.05, 0.1) is 6.54 Å². The van der Waals surface area contributed by atoms with E-state index in [-0.39, 0.29) is 12.5 Å². The maximum atomic E-state index is 12.2. The van der Waals surface area contributed by atoms with Crippen molar-refractivity contribution in [3.8, 4) is 0 Å². The molecule has 0 aromatic heterocycles. The van der Waals surface area contributed by atoms with Crippen LogP contribution in [0.2, 0.25) is 0 Å². The Morgan fingerprint density at radius 1 is 1.35 bits per heavy atom. The van der Waals surface area contributed by atoms with Gasteiger partial charge in [-0.3, -0.25) is 9.59 Å². The molecule has 0 aromatic rings. The smallest absolute Gasteiger partial charge is 0.334 e. The van der Waals surface area contributed by atoms with E-state index in [2.05, 4.69) is 5.32 Å². The third kappa shape index (κ3) is 3.93. The summed E-state index contributed by atoms with van der Waals surface area (Å²) in [7, 11) is 0. The molecule has 0 bridgehead atoms. The summed E-state index contributed by atoms with van der Waals surface area (Å²) in [6, 6.07) is -0.581. The molecule has 7 nitrogen and oxygen atoms in total. The van der Waals surface area contributed by atoms with Gasteiger partial charge in [0.15, 0.2) is 6.10 Å². The van der Waals surface area contributed by atoms with Crippen molar-refractivity contribution in [3.63, 3.8) is 0 Å². The van der Waals surface area contributed by atoms with Crippen molar-refractivity contribution < 1.29 is 24.6 Å². The number of rotatable bonds is 4. The molecule has 0 radical (unpaired) electrons. The Labute approximate surface area is 117 Å². The molecule has 0 spiro atoms. The largest absolute Gasteiger partial charge is 0.479 e. The van der Waals surface area contributed by atoms with E-state index in [9.17, 15) is 14.4 Å². The standard InChI is InChI=1S/C13H22N2O5/c1-13(2,3)12(20)15-6-4-5-8(15)10(17)14-7-9(16)11(18)19/h8-9,16H,4-7H2,1-3H3,(H,14,17)(H,18,19). The average molecular weight is 286 g/mol. The van der Waals surface area contributed by atoms with E-state index >= 15 is 0 Å². The van der Waals surface area contributed by atoms with Crippen LogP contribution >= 0.6 is 0 Å². The first kappa shape index (κ1) is 16.4. The number of carbonyl (C=O) groups is 3. The van der Waals surface area contributed by atoms with Crippen LogP contribution in [0.5, 0.6) is 0 Å². The van der Waals surface area contributed by atoms with E-state index in [1.165, 1.54) is 4.90 Å². The minimum absolute atomic E-state index is 0.103. The highest BCUT2D eigenvalue weighted by molar-refractivity contribution is 5.90. The van der Waals surface area contributed by atoms with Gasteiger partial charge in [-0.25, -0.2) is 4.79 Å². The van der Waals surface area contributed by atoms with Crippen molar-refractivity contribution in [2.45, 2.75) is 45.8 Å². The molecule has 1 aliphatic rings. The lowest BCUT2D eigenvalue weighted by Gasteiger charge is -2.30. The molecule has 1 fully saturated rings. The molecule has 114 valence electrons. The molecule has 2 unspecified atom stereocenters. The van der Waals surface area contributed by atoms with Crippen LogP contribution in [0.4, 0.5) is 0 Å². The Kier molecular flexibility index (Phi) is 5.10. The molecular weight excluding hydrogens is 264 g/mol. The predicted molar refractivity (Wildman–Crippen MR) is 70.8 cm³/mol. The molecule has 1 aliphatic heterocycles. The summed E-state index contributed by atoms with van der Waals surface area (Å²) in [5, 5.41) is 20.0. The molecule has 1 rings (SSSR count). The summed E-state index contributed by atoms with van der Waals surface area (Å²) in [6.07, 6.45) is -0.342. The number of carbonyl (C=O) groups excluding carboxylic acids is 2. The van der Waals surface area contributed by atoms with Gasteiger partial charge in [0.25, 0.3) is 0 Å². The first-order valence-electron chi connectivity index (χ1n) is 6.64. The molecule has 20 heavy (non-hydrogen) atoms. The number of nitrogens with zero attached hydrogens (tertiary/aromatic N) is 1. The maximum absolute atomic E-state index is 12.2. The van der Waals surface area contributed by atoms with Crippen LogP contribution < -0.4 is 5.32 Å². The van der Waals surface area contributed by atoms with Gasteiger partial charge in [0.1, 0.15) is 6.04 Å². The number of hydrogen-bond donors (Lipinski definition) is 3. The molecular formula is C13H22N2O5. The van der Waals surface area contributed by atoms with Gasteiger partial charge in [-0.05, 0) is 12.8 Å². The first-order valence-corrected chi connectivity index (χ1v) is 6.64. The Morgan fingerprint density at radius 3 is 2.45 bits per heavy atom. The fraction of sp³-hybridized carbons (Fsp3) is 0.769. The topological polar surface area (TPSA) is 107 Å². The van der Waals surface area contributed by atoms with E-state index in [0.29, 0.717) is 13.0 Å². The summed E-state index contributed by atoms with van der Waals surface area (Å²) in [6.45, 7) is 5.53. The molecule has 7 heteroatoms. The van der Waals surface area contributed by atoms with Crippen LogP contribution in [0.15, 0.2) is 0 Å². The maximum Gasteiger partial charge on any atom is 0.334 e. The van der Waals surface area contributed by atoms with Crippen molar-refractivity contribution in [1.82, 2.24) is 10.2 Å². The lowest BCUT2D eigenvalue weighted by atomic mass is 9.94. The number of nitrogens with one attached hydrogen (secondary N) is 1. The second-order valence-corrected chi connectivity index (χ2v) is 6.01. The van der Waals surface area contributed by atoms with Crippen molar-refractivity contribution in [1.29, 1.82) is 0 Å². The van der Waals surface area contributed by atoms with Gasteiger partial charge < -0.3 is 20.4 Å². The van der Waals surface area contributed by atoms with Crippen LogP contribution in [0, 0.1) is 5.41 Å². The summed E-state index contributed by atoms with van der Waals surface area (Å²) in [4.78, 5) is 36.2. The zero-order chi connectivity index (χ0) is 15.5. The number of aliphatic hydroxyl groups is 1. The van der Waals surface area contributed by atoms with Gasteiger partial charge in [-0.1, -0.05) is 20.8 Å². The normalized spacial score (nSPS) is 20.6. The van der Waals surface area contributed by atoms with Crippen molar-refractivity contribution in [3.05, 3.63) is 0 Å². The summed E-state index contributed by atoms with van der Waals surface area (Å²) in [5.41, 5.74) is -0.566. The lowest BCUT2D eigenvalue weighted by Crippen LogP contribution is -2.50. The average Bonchev–Trinajstić information content (AvgIpc) is 2.81. The summed E-state index contributed by atoms with van der Waals surface area (Å²) >= 11 is 0.